The van der Waals surface area contributed by atoms with Crippen molar-refractivity contribution in [2.75, 3.05) is 18.5 Å². The highest BCUT2D eigenvalue weighted by molar-refractivity contribution is 6.39. The van der Waals surface area contributed by atoms with Gasteiger partial charge < -0.3 is 20.1 Å². The minimum Gasteiger partial charge on any atom is -0.347 e. The van der Waals surface area contributed by atoms with Crippen molar-refractivity contribution in [1.82, 2.24) is 5.32 Å². The van der Waals surface area contributed by atoms with Crippen molar-refractivity contribution in [3.63, 3.8) is 0 Å². The van der Waals surface area contributed by atoms with Crippen LogP contribution in [-0.4, -0.2) is 36.9 Å². The van der Waals surface area contributed by atoms with E-state index in [1.807, 2.05) is 25.1 Å². The highest BCUT2D eigenvalue weighted by Gasteiger charge is 2.42. The van der Waals surface area contributed by atoms with Gasteiger partial charge in [0.05, 0.1) is 6.61 Å². The molecule has 1 spiro atoms. The molecule has 2 amide bonds. The average molecular weight is 332 g/mol. The van der Waals surface area contributed by atoms with Crippen molar-refractivity contribution >= 4 is 17.5 Å². The summed E-state index contributed by atoms with van der Waals surface area (Å²) < 4.78 is 11.8. The number of hydrogen-bond donors (Lipinski definition) is 2. The van der Waals surface area contributed by atoms with Gasteiger partial charge in [0.2, 0.25) is 0 Å². The molecule has 6 nitrogen and oxygen atoms in total. The van der Waals surface area contributed by atoms with Crippen molar-refractivity contribution in [2.24, 2.45) is 0 Å². The molecule has 1 aliphatic heterocycles. The standard InChI is InChI=1S/C18H24N2O4/c1-13-6-5-7-14(10-13)20-17(22)16(21)19-11-15-12-23-18(24-15)8-3-2-4-9-18/h5-7,10,15H,2-4,8-9,11-12H2,1H3,(H,19,21)(H,20,22)/t15-/m0/s1. The van der Waals surface area contributed by atoms with Crippen LogP contribution < -0.4 is 10.6 Å². The Morgan fingerprint density at radius 1 is 1.21 bits per heavy atom. The van der Waals surface area contributed by atoms with Crippen LogP contribution >= 0.6 is 0 Å². The number of hydrogen-bond acceptors (Lipinski definition) is 4. The number of rotatable bonds is 3. The van der Waals surface area contributed by atoms with E-state index in [4.69, 9.17) is 9.47 Å². The minimum atomic E-state index is -0.674. The van der Waals surface area contributed by atoms with Gasteiger partial charge in [-0.05, 0) is 37.5 Å². The molecule has 3 rings (SSSR count). The van der Waals surface area contributed by atoms with E-state index in [9.17, 15) is 9.59 Å². The number of carbonyl (C=O) groups is 2. The molecule has 0 bridgehead atoms. The third-order valence-electron chi connectivity index (χ3n) is 4.50. The van der Waals surface area contributed by atoms with Crippen LogP contribution in [0.3, 0.4) is 0 Å². The smallest absolute Gasteiger partial charge is 0.313 e. The summed E-state index contributed by atoms with van der Waals surface area (Å²) in [6, 6.07) is 7.31. The molecule has 1 aromatic rings. The van der Waals surface area contributed by atoms with Crippen LogP contribution in [0.25, 0.3) is 0 Å². The first-order valence-corrected chi connectivity index (χ1v) is 8.54. The molecule has 24 heavy (non-hydrogen) atoms. The van der Waals surface area contributed by atoms with Crippen LogP contribution in [0.5, 0.6) is 0 Å². The Kier molecular flexibility index (Phi) is 5.16. The highest BCUT2D eigenvalue weighted by atomic mass is 16.7. The molecule has 0 aromatic heterocycles. The minimum absolute atomic E-state index is 0.196. The second kappa shape index (κ2) is 7.32. The lowest BCUT2D eigenvalue weighted by molar-refractivity contribution is -0.186. The first-order chi connectivity index (χ1) is 11.6. The summed E-state index contributed by atoms with van der Waals surface area (Å²) in [6.07, 6.45) is 5.06. The molecule has 6 heteroatoms. The maximum atomic E-state index is 11.9. The summed E-state index contributed by atoms with van der Waals surface area (Å²) in [6.45, 7) is 2.66. The van der Waals surface area contributed by atoms with Gasteiger partial charge in [0.25, 0.3) is 0 Å². The van der Waals surface area contributed by atoms with Crippen molar-refractivity contribution in [1.29, 1.82) is 0 Å². The second-order valence-electron chi connectivity index (χ2n) is 6.56. The van der Waals surface area contributed by atoms with Gasteiger partial charge >= 0.3 is 11.8 Å². The third kappa shape index (κ3) is 4.13. The summed E-state index contributed by atoms with van der Waals surface area (Å²) in [5.74, 6) is -1.80. The lowest BCUT2D eigenvalue weighted by Gasteiger charge is -2.31. The maximum absolute atomic E-state index is 11.9. The largest absolute Gasteiger partial charge is 0.347 e. The van der Waals surface area contributed by atoms with E-state index in [1.165, 1.54) is 6.42 Å². The number of nitrogens with one attached hydrogen (secondary N) is 2. The number of aryl methyl sites for hydroxylation is 1. The normalized spacial score (nSPS) is 22.3. The quantitative estimate of drug-likeness (QED) is 0.831. The Morgan fingerprint density at radius 3 is 2.75 bits per heavy atom. The first-order valence-electron chi connectivity index (χ1n) is 8.54. The molecular weight excluding hydrogens is 308 g/mol. The lowest BCUT2D eigenvalue weighted by Crippen LogP contribution is -2.41. The fourth-order valence-corrected chi connectivity index (χ4v) is 3.27. The lowest BCUT2D eigenvalue weighted by atomic mass is 9.94. The van der Waals surface area contributed by atoms with E-state index in [1.54, 1.807) is 6.07 Å². The number of ether oxygens (including phenoxy) is 2. The Bertz CT molecular complexity index is 611. The number of benzene rings is 1. The van der Waals surface area contributed by atoms with E-state index < -0.39 is 17.6 Å². The van der Waals surface area contributed by atoms with Gasteiger partial charge in [0.1, 0.15) is 6.10 Å². The zero-order valence-corrected chi connectivity index (χ0v) is 14.0. The molecule has 2 aliphatic rings. The summed E-state index contributed by atoms with van der Waals surface area (Å²) in [7, 11) is 0. The van der Waals surface area contributed by atoms with Gasteiger partial charge in [-0.1, -0.05) is 18.6 Å². The number of carbonyl (C=O) groups excluding carboxylic acids is 2. The molecule has 1 aliphatic carbocycles. The fraction of sp³-hybridized carbons (Fsp3) is 0.556. The SMILES string of the molecule is Cc1cccc(NC(=O)C(=O)NC[C@H]2COC3(CCCCC3)O2)c1. The zero-order chi connectivity index (χ0) is 17.0. The van der Waals surface area contributed by atoms with Crippen LogP contribution in [0.2, 0.25) is 0 Å². The summed E-state index contributed by atoms with van der Waals surface area (Å²) in [5.41, 5.74) is 1.62. The average Bonchev–Trinajstić information content (AvgIpc) is 2.96. The van der Waals surface area contributed by atoms with Crippen LogP contribution in [0, 0.1) is 6.92 Å². The Hall–Kier alpha value is -1.92. The Balaban J connectivity index is 1.44. The molecule has 130 valence electrons. The second-order valence-corrected chi connectivity index (χ2v) is 6.56. The monoisotopic (exact) mass is 332 g/mol. The molecular formula is C18H24N2O4. The zero-order valence-electron chi connectivity index (χ0n) is 14.0. The molecule has 1 saturated carbocycles. The van der Waals surface area contributed by atoms with E-state index in [2.05, 4.69) is 10.6 Å². The predicted octanol–water partition coefficient (Wildman–Crippen LogP) is 2.13. The Labute approximate surface area is 141 Å². The Morgan fingerprint density at radius 2 is 2.00 bits per heavy atom. The van der Waals surface area contributed by atoms with E-state index in [0.717, 1.165) is 31.2 Å². The van der Waals surface area contributed by atoms with Crippen molar-refractivity contribution in [3.05, 3.63) is 29.8 Å². The molecule has 0 unspecified atom stereocenters. The molecule has 1 saturated heterocycles. The van der Waals surface area contributed by atoms with Gasteiger partial charge in [-0.15, -0.1) is 0 Å². The van der Waals surface area contributed by atoms with Gasteiger partial charge in [0, 0.05) is 25.1 Å². The van der Waals surface area contributed by atoms with Crippen molar-refractivity contribution < 1.29 is 19.1 Å². The summed E-state index contributed by atoms with van der Waals surface area (Å²) in [5, 5.41) is 5.22. The summed E-state index contributed by atoms with van der Waals surface area (Å²) >= 11 is 0. The number of amides is 2. The van der Waals surface area contributed by atoms with Gasteiger partial charge in [0.15, 0.2) is 5.79 Å². The topological polar surface area (TPSA) is 76.7 Å². The van der Waals surface area contributed by atoms with Crippen molar-refractivity contribution in [3.8, 4) is 0 Å². The molecule has 2 fully saturated rings. The molecule has 1 heterocycles. The molecule has 0 radical (unpaired) electrons. The highest BCUT2D eigenvalue weighted by Crippen LogP contribution is 2.37. The molecule has 1 aromatic carbocycles. The van der Waals surface area contributed by atoms with Gasteiger partial charge in [-0.3, -0.25) is 9.59 Å². The molecule has 2 N–H and O–H groups in total. The van der Waals surface area contributed by atoms with E-state index in [-0.39, 0.29) is 12.6 Å². The van der Waals surface area contributed by atoms with Crippen molar-refractivity contribution in [2.45, 2.75) is 50.9 Å². The third-order valence-corrected chi connectivity index (χ3v) is 4.50. The number of anilines is 1. The summed E-state index contributed by atoms with van der Waals surface area (Å²) in [4.78, 5) is 23.9. The van der Waals surface area contributed by atoms with Gasteiger partial charge in [-0.25, -0.2) is 0 Å². The van der Waals surface area contributed by atoms with Crippen LogP contribution in [0.15, 0.2) is 24.3 Å². The van der Waals surface area contributed by atoms with Crippen LogP contribution in [-0.2, 0) is 19.1 Å². The molecule has 1 atom stereocenters. The predicted molar refractivity (Wildman–Crippen MR) is 89.5 cm³/mol. The van der Waals surface area contributed by atoms with E-state index >= 15 is 0 Å². The first kappa shape index (κ1) is 16.9. The van der Waals surface area contributed by atoms with Crippen LogP contribution in [0.4, 0.5) is 5.69 Å². The van der Waals surface area contributed by atoms with Crippen LogP contribution in [0.1, 0.15) is 37.7 Å². The van der Waals surface area contributed by atoms with Gasteiger partial charge in [-0.2, -0.15) is 0 Å². The van der Waals surface area contributed by atoms with E-state index in [0.29, 0.717) is 12.3 Å². The fourth-order valence-electron chi connectivity index (χ4n) is 3.27. The maximum Gasteiger partial charge on any atom is 0.313 e.